The van der Waals surface area contributed by atoms with Crippen molar-refractivity contribution >= 4 is 23.5 Å². The Morgan fingerprint density at radius 1 is 1.60 bits per heavy atom. The summed E-state index contributed by atoms with van der Waals surface area (Å²) in [6.45, 7) is 1.42. The highest BCUT2D eigenvalue weighted by molar-refractivity contribution is 6.33. The molecule has 2 unspecified atom stereocenters. The third-order valence-electron chi connectivity index (χ3n) is 3.23. The molecular formula is C11H16ClFN2O5. The minimum absolute atomic E-state index is 0.111. The highest BCUT2D eigenvalue weighted by Gasteiger charge is 2.49. The maximum absolute atomic E-state index is 13.6. The van der Waals surface area contributed by atoms with E-state index in [1.165, 1.54) is 0 Å². The van der Waals surface area contributed by atoms with E-state index in [2.05, 4.69) is 5.32 Å². The zero-order valence-electron chi connectivity index (χ0n) is 10.8. The van der Waals surface area contributed by atoms with Crippen molar-refractivity contribution in [2.75, 3.05) is 13.2 Å². The number of hydrogen-bond acceptors (Lipinski definition) is 5. The van der Waals surface area contributed by atoms with Crippen LogP contribution in [0.3, 0.4) is 0 Å². The number of carbonyl (C=O) groups excluding carboxylic acids is 2. The van der Waals surface area contributed by atoms with Crippen LogP contribution in [0.2, 0.25) is 0 Å². The van der Waals surface area contributed by atoms with Crippen LogP contribution in [-0.4, -0.2) is 65.3 Å². The SMILES string of the molecule is CCOC1C(Cl)C(=O)NC(=O)N1[C@H]1C[C@H](F)[C@@H](CO)O1. The van der Waals surface area contributed by atoms with Gasteiger partial charge in [0.15, 0.2) is 11.6 Å². The Bertz CT molecular complexity index is 399. The molecule has 0 saturated carbocycles. The predicted octanol–water partition coefficient (Wildman–Crippen LogP) is -0.0464. The molecule has 0 aliphatic carbocycles. The fourth-order valence-electron chi connectivity index (χ4n) is 2.28. The predicted molar refractivity (Wildman–Crippen MR) is 65.7 cm³/mol. The summed E-state index contributed by atoms with van der Waals surface area (Å²) >= 11 is 5.93. The van der Waals surface area contributed by atoms with Gasteiger partial charge in [0, 0.05) is 13.0 Å². The number of imide groups is 1. The van der Waals surface area contributed by atoms with E-state index in [-0.39, 0.29) is 13.0 Å². The fraction of sp³-hybridized carbons (Fsp3) is 0.818. The van der Waals surface area contributed by atoms with Crippen LogP contribution < -0.4 is 5.32 Å². The second-order valence-corrected chi connectivity index (χ2v) is 4.98. The van der Waals surface area contributed by atoms with Crippen LogP contribution in [0.5, 0.6) is 0 Å². The van der Waals surface area contributed by atoms with Crippen molar-refractivity contribution in [2.45, 2.75) is 43.5 Å². The molecule has 2 heterocycles. The number of amides is 3. The number of alkyl halides is 2. The monoisotopic (exact) mass is 310 g/mol. The first-order chi connectivity index (χ1) is 9.49. The number of hydrogen-bond donors (Lipinski definition) is 2. The van der Waals surface area contributed by atoms with Crippen molar-refractivity contribution < 1.29 is 28.6 Å². The molecule has 114 valence electrons. The van der Waals surface area contributed by atoms with Gasteiger partial charge in [-0.1, -0.05) is 0 Å². The minimum atomic E-state index is -1.40. The molecule has 0 aromatic carbocycles. The summed E-state index contributed by atoms with van der Waals surface area (Å²) in [5.41, 5.74) is 0. The number of urea groups is 1. The lowest BCUT2D eigenvalue weighted by Gasteiger charge is -2.40. The molecule has 2 aliphatic heterocycles. The molecule has 0 aromatic heterocycles. The van der Waals surface area contributed by atoms with Gasteiger partial charge in [0.2, 0.25) is 0 Å². The van der Waals surface area contributed by atoms with Crippen molar-refractivity contribution in [3.05, 3.63) is 0 Å². The number of nitrogens with zero attached hydrogens (tertiary/aromatic N) is 1. The molecule has 2 aliphatic rings. The van der Waals surface area contributed by atoms with Crippen molar-refractivity contribution in [1.82, 2.24) is 10.2 Å². The van der Waals surface area contributed by atoms with Gasteiger partial charge in [-0.15, -0.1) is 11.6 Å². The highest BCUT2D eigenvalue weighted by Crippen LogP contribution is 2.30. The summed E-state index contributed by atoms with van der Waals surface area (Å²) in [5.74, 6) is -0.667. The average molecular weight is 311 g/mol. The van der Waals surface area contributed by atoms with Crippen molar-refractivity contribution in [2.24, 2.45) is 0 Å². The van der Waals surface area contributed by atoms with E-state index in [1.54, 1.807) is 6.92 Å². The number of aliphatic hydroxyl groups excluding tert-OH is 1. The summed E-state index contributed by atoms with van der Waals surface area (Å²) in [4.78, 5) is 24.5. The Hall–Kier alpha value is -0.960. The number of aliphatic hydroxyl groups is 1. The van der Waals surface area contributed by atoms with Crippen LogP contribution in [-0.2, 0) is 14.3 Å². The lowest BCUT2D eigenvalue weighted by molar-refractivity contribution is -0.149. The number of rotatable bonds is 4. The summed E-state index contributed by atoms with van der Waals surface area (Å²) in [5, 5.41) is 9.94. The Morgan fingerprint density at radius 2 is 2.30 bits per heavy atom. The Labute approximate surface area is 119 Å². The summed E-state index contributed by atoms with van der Waals surface area (Å²) < 4.78 is 24.2. The molecule has 9 heteroatoms. The van der Waals surface area contributed by atoms with Crippen LogP contribution in [0.15, 0.2) is 0 Å². The molecule has 7 nitrogen and oxygen atoms in total. The van der Waals surface area contributed by atoms with Gasteiger partial charge in [0.1, 0.15) is 18.5 Å². The molecule has 20 heavy (non-hydrogen) atoms. The molecule has 5 atom stereocenters. The van der Waals surface area contributed by atoms with Crippen LogP contribution in [0.25, 0.3) is 0 Å². The van der Waals surface area contributed by atoms with Gasteiger partial charge in [-0.2, -0.15) is 0 Å². The van der Waals surface area contributed by atoms with E-state index in [9.17, 15) is 14.0 Å². The van der Waals surface area contributed by atoms with E-state index in [1.807, 2.05) is 0 Å². The third kappa shape index (κ3) is 2.73. The van der Waals surface area contributed by atoms with E-state index < -0.39 is 48.7 Å². The van der Waals surface area contributed by atoms with Crippen molar-refractivity contribution in [3.63, 3.8) is 0 Å². The number of nitrogens with one attached hydrogen (secondary N) is 1. The molecule has 0 bridgehead atoms. The molecule has 3 amide bonds. The summed E-state index contributed by atoms with van der Waals surface area (Å²) in [7, 11) is 0. The van der Waals surface area contributed by atoms with Gasteiger partial charge >= 0.3 is 6.03 Å². The number of ether oxygens (including phenoxy) is 2. The Morgan fingerprint density at radius 3 is 2.85 bits per heavy atom. The largest absolute Gasteiger partial charge is 0.394 e. The van der Waals surface area contributed by atoms with Crippen LogP contribution in [0.1, 0.15) is 13.3 Å². The second kappa shape index (κ2) is 6.21. The zero-order chi connectivity index (χ0) is 14.9. The van der Waals surface area contributed by atoms with Gasteiger partial charge in [-0.25, -0.2) is 9.18 Å². The second-order valence-electron chi connectivity index (χ2n) is 4.51. The Kier molecular flexibility index (Phi) is 4.79. The maximum atomic E-state index is 13.6. The minimum Gasteiger partial charge on any atom is -0.394 e. The van der Waals surface area contributed by atoms with E-state index >= 15 is 0 Å². The lowest BCUT2D eigenvalue weighted by Crippen LogP contribution is -2.64. The molecule has 2 rings (SSSR count). The topological polar surface area (TPSA) is 88.1 Å². The van der Waals surface area contributed by atoms with Crippen LogP contribution in [0, 0.1) is 0 Å². The molecule has 0 radical (unpaired) electrons. The van der Waals surface area contributed by atoms with E-state index in [0.717, 1.165) is 4.90 Å². The quantitative estimate of drug-likeness (QED) is 0.711. The standard InChI is InChI=1S/C11H16ClFN2O5/c1-2-19-10-8(12)9(17)14-11(18)15(10)7-3-5(13)6(4-16)20-7/h5-8,10,16H,2-4H2,1H3,(H,14,17,18)/t5-,6+,7+,8?,10?/m0/s1. The number of halogens is 2. The van der Waals surface area contributed by atoms with E-state index in [0.29, 0.717) is 0 Å². The summed E-state index contributed by atoms with van der Waals surface area (Å²) in [6.07, 6.45) is -4.47. The molecular weight excluding hydrogens is 295 g/mol. The molecule has 2 fully saturated rings. The fourth-order valence-corrected chi connectivity index (χ4v) is 2.53. The lowest BCUT2D eigenvalue weighted by atomic mass is 10.2. The van der Waals surface area contributed by atoms with Gasteiger partial charge < -0.3 is 14.6 Å². The average Bonchev–Trinajstić information content (AvgIpc) is 2.76. The summed E-state index contributed by atoms with van der Waals surface area (Å²) in [6, 6.07) is -0.749. The van der Waals surface area contributed by atoms with Gasteiger partial charge in [0.25, 0.3) is 5.91 Å². The molecule has 0 aromatic rings. The maximum Gasteiger partial charge on any atom is 0.328 e. The van der Waals surface area contributed by atoms with Crippen LogP contribution >= 0.6 is 11.6 Å². The molecule has 2 N–H and O–H groups in total. The first-order valence-corrected chi connectivity index (χ1v) is 6.72. The Balaban J connectivity index is 2.18. The van der Waals surface area contributed by atoms with Gasteiger partial charge in [-0.3, -0.25) is 15.0 Å². The zero-order valence-corrected chi connectivity index (χ0v) is 11.5. The van der Waals surface area contributed by atoms with Gasteiger partial charge in [-0.05, 0) is 6.92 Å². The van der Waals surface area contributed by atoms with E-state index in [4.69, 9.17) is 26.2 Å². The van der Waals surface area contributed by atoms with Gasteiger partial charge in [0.05, 0.1) is 6.61 Å². The normalized spacial score (nSPS) is 38.2. The number of carbonyl (C=O) groups is 2. The van der Waals surface area contributed by atoms with Crippen molar-refractivity contribution in [1.29, 1.82) is 0 Å². The smallest absolute Gasteiger partial charge is 0.328 e. The van der Waals surface area contributed by atoms with Crippen molar-refractivity contribution in [3.8, 4) is 0 Å². The third-order valence-corrected chi connectivity index (χ3v) is 3.64. The molecule has 2 saturated heterocycles. The first-order valence-electron chi connectivity index (χ1n) is 6.28. The molecule has 0 spiro atoms. The van der Waals surface area contributed by atoms with Crippen LogP contribution in [0.4, 0.5) is 9.18 Å². The highest BCUT2D eigenvalue weighted by atomic mass is 35.5. The first kappa shape index (κ1) is 15.4.